The minimum Gasteiger partial charge on any atom is -0.455 e. The van der Waals surface area contributed by atoms with Gasteiger partial charge in [-0.15, -0.1) is 22.7 Å². The highest BCUT2D eigenvalue weighted by Gasteiger charge is 2.18. The van der Waals surface area contributed by atoms with Gasteiger partial charge in [0, 0.05) is 78.9 Å². The van der Waals surface area contributed by atoms with Crippen molar-refractivity contribution in [1.82, 2.24) is 15.0 Å². The zero-order chi connectivity index (χ0) is 38.7. The maximum Gasteiger partial charge on any atom is 0.164 e. The summed E-state index contributed by atoms with van der Waals surface area (Å²) in [6.45, 7) is 0. The highest BCUT2D eigenvalue weighted by Crippen LogP contribution is 2.44. The number of rotatable bonds is 4. The highest BCUT2D eigenvalue weighted by atomic mass is 32.1. The van der Waals surface area contributed by atoms with E-state index >= 15 is 0 Å². The largest absolute Gasteiger partial charge is 0.455 e. The molecule has 0 saturated heterocycles. The van der Waals surface area contributed by atoms with Gasteiger partial charge in [0.2, 0.25) is 0 Å². The van der Waals surface area contributed by atoms with Crippen molar-refractivity contribution in [3.05, 3.63) is 152 Å². The Kier molecular flexibility index (Phi) is 5.08. The van der Waals surface area contributed by atoms with Crippen LogP contribution in [-0.4, -0.2) is 15.0 Å². The van der Waals surface area contributed by atoms with Gasteiger partial charge in [0.25, 0.3) is 0 Å². The van der Waals surface area contributed by atoms with Crippen LogP contribution < -0.4 is 0 Å². The van der Waals surface area contributed by atoms with Crippen molar-refractivity contribution >= 4 is 85.0 Å². The monoisotopic (exact) mass is 693 g/mol. The maximum absolute atomic E-state index is 9.66. The number of hydrogen-bond donors (Lipinski definition) is 0. The SMILES string of the molecule is [2H]c1c([2H])c([2H])c2c(sc3c([2H])c(-c4nc(-c5ccccc5)nc(-c5ccc6c(c5)sc5ccccc56)n4)c([2H])c([2H])c32)c1-c1cccc2c1oc1ccccc12. The van der Waals surface area contributed by atoms with Crippen LogP contribution in [0.4, 0.5) is 0 Å². The standard InChI is InChI=1S/C45H25N3OS2/c1-2-10-26(11-3-1)43-46-44(27-20-22-31-30-13-5-7-19-38(30)50-39(31)24-27)48-45(47-43)28-21-23-32-35-16-9-17-36(42(35)51-40(32)25-28)34-15-8-14-33-29-12-4-6-18-37(29)49-41(33)34/h1-25H/i9D,16D,17D,21D,23D,25D. The van der Waals surface area contributed by atoms with Crippen LogP contribution in [0.3, 0.4) is 0 Å². The van der Waals surface area contributed by atoms with Gasteiger partial charge in [-0.25, -0.2) is 15.0 Å². The molecule has 7 aromatic carbocycles. The van der Waals surface area contributed by atoms with Gasteiger partial charge in [-0.3, -0.25) is 0 Å². The van der Waals surface area contributed by atoms with E-state index in [0.29, 0.717) is 43.3 Å². The van der Waals surface area contributed by atoms with Crippen molar-refractivity contribution in [2.24, 2.45) is 0 Å². The van der Waals surface area contributed by atoms with Crippen molar-refractivity contribution in [3.8, 4) is 45.3 Å². The Bertz CT molecular complexity index is 3510. The first-order valence-electron chi connectivity index (χ1n) is 19.4. The van der Waals surface area contributed by atoms with Crippen LogP contribution in [0.15, 0.2) is 156 Å². The Labute approximate surface area is 308 Å². The molecule has 0 unspecified atom stereocenters. The van der Waals surface area contributed by atoms with Crippen LogP contribution in [0.5, 0.6) is 0 Å². The van der Waals surface area contributed by atoms with E-state index in [0.717, 1.165) is 32.0 Å². The molecule has 0 atom stereocenters. The average Bonchev–Trinajstić information content (AvgIpc) is 3.95. The van der Waals surface area contributed by atoms with Crippen LogP contribution in [-0.2, 0) is 0 Å². The van der Waals surface area contributed by atoms with Gasteiger partial charge in [0.1, 0.15) is 11.2 Å². The Balaban J connectivity index is 1.17. The molecule has 6 heteroatoms. The molecule has 11 aromatic rings. The van der Waals surface area contributed by atoms with E-state index < -0.39 is 0 Å². The Morgan fingerprint density at radius 3 is 2.12 bits per heavy atom. The van der Waals surface area contributed by atoms with Crippen LogP contribution in [0.2, 0.25) is 0 Å². The minimum absolute atomic E-state index is 0.0625. The lowest BCUT2D eigenvalue weighted by Crippen LogP contribution is -2.00. The van der Waals surface area contributed by atoms with Crippen molar-refractivity contribution in [2.75, 3.05) is 0 Å². The predicted molar refractivity (Wildman–Crippen MR) is 215 cm³/mol. The summed E-state index contributed by atoms with van der Waals surface area (Å²) in [6.07, 6.45) is 0. The lowest BCUT2D eigenvalue weighted by atomic mass is 10.00. The molecule has 51 heavy (non-hydrogen) atoms. The fourth-order valence-electron chi connectivity index (χ4n) is 6.86. The van der Waals surface area contributed by atoms with Gasteiger partial charge in [-0.1, -0.05) is 127 Å². The third-order valence-electron chi connectivity index (χ3n) is 9.26. The third kappa shape index (κ3) is 4.54. The molecule has 0 saturated carbocycles. The molecular formula is C45H25N3OS2. The zero-order valence-electron chi connectivity index (χ0n) is 32.5. The summed E-state index contributed by atoms with van der Waals surface area (Å²) in [6, 6.07) is 35.9. The third-order valence-corrected chi connectivity index (χ3v) is 11.5. The Hall–Kier alpha value is -6.21. The molecule has 4 heterocycles. The molecule has 0 radical (unpaired) electrons. The summed E-state index contributed by atoms with van der Waals surface area (Å²) in [5.74, 6) is 0.812. The quantitative estimate of drug-likeness (QED) is 0.184. The number of thiophene rings is 2. The summed E-state index contributed by atoms with van der Waals surface area (Å²) < 4.78 is 65.0. The number of benzene rings is 7. The van der Waals surface area contributed by atoms with E-state index in [4.69, 9.17) is 23.5 Å². The summed E-state index contributed by atoms with van der Waals surface area (Å²) in [4.78, 5) is 14.6. The first kappa shape index (κ1) is 23.2. The number of furan rings is 1. The molecule has 0 bridgehead atoms. The van der Waals surface area contributed by atoms with Gasteiger partial charge >= 0.3 is 0 Å². The van der Waals surface area contributed by atoms with Crippen LogP contribution in [0, 0.1) is 0 Å². The number of para-hydroxylation sites is 2. The van der Waals surface area contributed by atoms with E-state index in [1.165, 1.54) is 21.4 Å². The Morgan fingerprint density at radius 1 is 0.471 bits per heavy atom. The van der Waals surface area contributed by atoms with Gasteiger partial charge in [-0.2, -0.15) is 0 Å². The summed E-state index contributed by atoms with van der Waals surface area (Å²) >= 11 is 2.86. The van der Waals surface area contributed by atoms with E-state index in [1.54, 1.807) is 11.3 Å². The highest BCUT2D eigenvalue weighted by molar-refractivity contribution is 7.26. The summed E-state index contributed by atoms with van der Waals surface area (Å²) in [7, 11) is 0. The fraction of sp³-hybridized carbons (Fsp3) is 0. The van der Waals surface area contributed by atoms with Crippen molar-refractivity contribution in [2.45, 2.75) is 0 Å². The minimum atomic E-state index is -0.308. The summed E-state index contributed by atoms with van der Waals surface area (Å²) in [5.41, 5.74) is 3.72. The number of nitrogens with zero attached hydrogens (tertiary/aromatic N) is 3. The van der Waals surface area contributed by atoms with Gasteiger partial charge in [0.05, 0.1) is 8.22 Å². The fourth-order valence-corrected chi connectivity index (χ4v) is 9.14. The van der Waals surface area contributed by atoms with Crippen LogP contribution in [0.1, 0.15) is 8.22 Å². The predicted octanol–water partition coefficient (Wildman–Crippen LogP) is 13.2. The van der Waals surface area contributed by atoms with Gasteiger partial charge in [0.15, 0.2) is 17.5 Å². The average molecular weight is 694 g/mol. The molecule has 238 valence electrons. The van der Waals surface area contributed by atoms with Gasteiger partial charge in [-0.05, 0) is 24.2 Å². The second-order valence-corrected chi connectivity index (χ2v) is 14.4. The molecule has 0 amide bonds. The first-order chi connectivity index (χ1) is 27.8. The number of hydrogen-bond acceptors (Lipinski definition) is 6. The van der Waals surface area contributed by atoms with Crippen molar-refractivity contribution in [3.63, 3.8) is 0 Å². The molecule has 0 N–H and O–H groups in total. The molecule has 0 aliphatic heterocycles. The van der Waals surface area contributed by atoms with E-state index in [-0.39, 0.29) is 58.4 Å². The smallest absolute Gasteiger partial charge is 0.164 e. The molecule has 11 rings (SSSR count). The molecule has 0 spiro atoms. The summed E-state index contributed by atoms with van der Waals surface area (Å²) in [5, 5.41) is 4.55. The topological polar surface area (TPSA) is 51.8 Å². The number of fused-ring (bicyclic) bond motifs is 9. The van der Waals surface area contributed by atoms with Crippen LogP contribution in [0.25, 0.3) is 108 Å². The second-order valence-electron chi connectivity index (χ2n) is 12.3. The lowest BCUT2D eigenvalue weighted by molar-refractivity contribution is 0.670. The van der Waals surface area contributed by atoms with Crippen molar-refractivity contribution in [1.29, 1.82) is 0 Å². The molecule has 0 aliphatic carbocycles. The normalized spacial score (nSPS) is 13.6. The molecular weight excluding hydrogens is 663 g/mol. The van der Waals surface area contributed by atoms with E-state index in [9.17, 15) is 4.11 Å². The Morgan fingerprint density at radius 2 is 1.22 bits per heavy atom. The molecule has 0 fully saturated rings. The maximum atomic E-state index is 9.66. The molecule has 4 aromatic heterocycles. The lowest BCUT2D eigenvalue weighted by Gasteiger charge is -2.09. The van der Waals surface area contributed by atoms with Gasteiger partial charge < -0.3 is 4.42 Å². The van der Waals surface area contributed by atoms with E-state index in [2.05, 4.69) is 24.3 Å². The van der Waals surface area contributed by atoms with Crippen LogP contribution >= 0.6 is 22.7 Å². The molecule has 0 aliphatic rings. The van der Waals surface area contributed by atoms with Crippen molar-refractivity contribution < 1.29 is 12.6 Å². The second kappa shape index (κ2) is 11.2. The zero-order valence-corrected chi connectivity index (χ0v) is 28.2. The van der Waals surface area contributed by atoms with E-state index in [1.807, 2.05) is 91.0 Å². The first-order valence-corrected chi connectivity index (χ1v) is 18.0. The molecule has 4 nitrogen and oxygen atoms in total. The number of aromatic nitrogens is 3.